The first-order valence-electron chi connectivity index (χ1n) is 8.80. The van der Waals surface area contributed by atoms with Crippen LogP contribution in [-0.2, 0) is 19.5 Å². The highest BCUT2D eigenvalue weighted by Gasteiger charge is 2.57. The van der Waals surface area contributed by atoms with E-state index < -0.39 is 10.0 Å². The molecule has 0 radical (unpaired) electrons. The molecule has 0 unspecified atom stereocenters. The van der Waals surface area contributed by atoms with E-state index in [1.165, 1.54) is 6.26 Å². The number of morpholine rings is 2. The molecule has 25 heavy (non-hydrogen) atoms. The number of piperazine rings is 1. The second kappa shape index (κ2) is 6.34. The normalized spacial score (nSPS) is 30.8. The number of amides is 2. The zero-order valence-corrected chi connectivity index (χ0v) is 15.4. The summed E-state index contributed by atoms with van der Waals surface area (Å²) < 4.78 is 36.7. The molecule has 4 heterocycles. The Morgan fingerprint density at radius 3 is 2.36 bits per heavy atom. The van der Waals surface area contributed by atoms with Gasteiger partial charge >= 0.3 is 6.03 Å². The molecule has 4 aliphatic rings. The predicted molar refractivity (Wildman–Crippen MR) is 89.8 cm³/mol. The fourth-order valence-corrected chi connectivity index (χ4v) is 5.36. The summed E-state index contributed by atoms with van der Waals surface area (Å²) in [5.41, 5.74) is -0.280. The Morgan fingerprint density at radius 1 is 1.00 bits per heavy atom. The Kier molecular flexibility index (Phi) is 4.43. The first-order valence-corrected chi connectivity index (χ1v) is 10.7. The van der Waals surface area contributed by atoms with Crippen molar-refractivity contribution in [1.29, 1.82) is 0 Å². The molecule has 9 nitrogen and oxygen atoms in total. The molecule has 4 rings (SSSR count). The topological polar surface area (TPSA) is 82.6 Å². The molecule has 142 valence electrons. The first-order chi connectivity index (χ1) is 11.9. The molecule has 0 saturated carbocycles. The van der Waals surface area contributed by atoms with Crippen molar-refractivity contribution >= 4 is 16.1 Å². The van der Waals surface area contributed by atoms with Crippen LogP contribution in [0.4, 0.5) is 4.79 Å². The van der Waals surface area contributed by atoms with Gasteiger partial charge in [-0.15, -0.1) is 0 Å². The van der Waals surface area contributed by atoms with Gasteiger partial charge in [-0.05, 0) is 0 Å². The lowest BCUT2D eigenvalue weighted by Gasteiger charge is -2.63. The summed E-state index contributed by atoms with van der Waals surface area (Å²) >= 11 is 0. The first kappa shape index (κ1) is 17.5. The number of urea groups is 1. The van der Waals surface area contributed by atoms with E-state index in [-0.39, 0.29) is 17.6 Å². The van der Waals surface area contributed by atoms with Crippen molar-refractivity contribution in [2.75, 3.05) is 78.5 Å². The van der Waals surface area contributed by atoms with Gasteiger partial charge in [0.1, 0.15) is 0 Å². The van der Waals surface area contributed by atoms with E-state index in [2.05, 4.69) is 4.90 Å². The Hall–Kier alpha value is -0.940. The molecule has 4 saturated heterocycles. The smallest absolute Gasteiger partial charge is 0.320 e. The molecule has 0 aliphatic carbocycles. The maximum Gasteiger partial charge on any atom is 0.320 e. The van der Waals surface area contributed by atoms with Crippen LogP contribution < -0.4 is 0 Å². The molecule has 1 atom stereocenters. The minimum absolute atomic E-state index is 0.0372. The second-order valence-corrected chi connectivity index (χ2v) is 9.42. The number of likely N-dealkylation sites (tertiary alicyclic amines) is 1. The standard InChI is InChI=1S/C15H26N4O5S/c1-25(21,22)18-8-13-9-24-7-4-19(13)15(12-18)10-17(11-15)14(20)16-2-5-23-6-3-16/h13H,2-12H2,1H3/t13-/m1/s1. The van der Waals surface area contributed by atoms with Gasteiger partial charge in [-0.1, -0.05) is 0 Å². The fourth-order valence-electron chi connectivity index (χ4n) is 4.44. The molecule has 4 aliphatic heterocycles. The van der Waals surface area contributed by atoms with Gasteiger partial charge in [-0.3, -0.25) is 4.90 Å². The zero-order chi connectivity index (χ0) is 17.7. The van der Waals surface area contributed by atoms with Gasteiger partial charge < -0.3 is 19.3 Å². The molecule has 0 aromatic heterocycles. The predicted octanol–water partition coefficient (Wildman–Crippen LogP) is -1.53. The second-order valence-electron chi connectivity index (χ2n) is 7.44. The Labute approximate surface area is 148 Å². The molecule has 0 bridgehead atoms. The molecule has 0 aromatic carbocycles. The van der Waals surface area contributed by atoms with Crippen LogP contribution in [0.1, 0.15) is 0 Å². The average Bonchev–Trinajstić information content (AvgIpc) is 2.58. The van der Waals surface area contributed by atoms with Crippen LogP contribution in [0.5, 0.6) is 0 Å². The molecule has 10 heteroatoms. The quantitative estimate of drug-likeness (QED) is 0.554. The lowest BCUT2D eigenvalue weighted by Crippen LogP contribution is -2.82. The summed E-state index contributed by atoms with van der Waals surface area (Å²) in [4.78, 5) is 18.7. The average molecular weight is 374 g/mol. The van der Waals surface area contributed by atoms with E-state index >= 15 is 0 Å². The molecular weight excluding hydrogens is 348 g/mol. The van der Waals surface area contributed by atoms with Crippen LogP contribution in [-0.4, -0.2) is 124 Å². The van der Waals surface area contributed by atoms with Crippen molar-refractivity contribution in [3.05, 3.63) is 0 Å². The Bertz CT molecular complexity index is 630. The highest BCUT2D eigenvalue weighted by molar-refractivity contribution is 7.88. The SMILES string of the molecule is CS(=O)(=O)N1C[C@@H]2COCCN2C2(CN(C(=O)N3CCOCC3)C2)C1. The van der Waals surface area contributed by atoms with Gasteiger partial charge in [0.05, 0.1) is 38.2 Å². The summed E-state index contributed by atoms with van der Waals surface area (Å²) in [6, 6.07) is 0.105. The number of ether oxygens (including phenoxy) is 2. The third-order valence-electron chi connectivity index (χ3n) is 5.71. The zero-order valence-electron chi connectivity index (χ0n) is 14.6. The monoisotopic (exact) mass is 374 g/mol. The molecule has 0 N–H and O–H groups in total. The van der Waals surface area contributed by atoms with Crippen molar-refractivity contribution in [3.63, 3.8) is 0 Å². The van der Waals surface area contributed by atoms with Crippen molar-refractivity contribution in [1.82, 2.24) is 19.0 Å². The lowest BCUT2D eigenvalue weighted by atomic mass is 9.83. The third kappa shape index (κ3) is 3.14. The fraction of sp³-hybridized carbons (Fsp3) is 0.933. The largest absolute Gasteiger partial charge is 0.378 e. The van der Waals surface area contributed by atoms with E-state index in [1.54, 1.807) is 4.31 Å². The Balaban J connectivity index is 1.48. The molecule has 0 aromatic rings. The minimum atomic E-state index is -3.26. The van der Waals surface area contributed by atoms with E-state index in [0.29, 0.717) is 65.7 Å². The Morgan fingerprint density at radius 2 is 1.68 bits per heavy atom. The van der Waals surface area contributed by atoms with Crippen LogP contribution in [0, 0.1) is 0 Å². The van der Waals surface area contributed by atoms with E-state index in [1.807, 2.05) is 9.80 Å². The molecule has 4 fully saturated rings. The highest BCUT2D eigenvalue weighted by atomic mass is 32.2. The highest BCUT2D eigenvalue weighted by Crippen LogP contribution is 2.36. The number of hydrogen-bond donors (Lipinski definition) is 0. The minimum Gasteiger partial charge on any atom is -0.378 e. The van der Waals surface area contributed by atoms with Gasteiger partial charge in [0, 0.05) is 51.9 Å². The van der Waals surface area contributed by atoms with E-state index in [4.69, 9.17) is 9.47 Å². The van der Waals surface area contributed by atoms with Crippen LogP contribution >= 0.6 is 0 Å². The number of fused-ring (bicyclic) bond motifs is 2. The number of hydrogen-bond acceptors (Lipinski definition) is 6. The van der Waals surface area contributed by atoms with Crippen molar-refractivity contribution in [3.8, 4) is 0 Å². The van der Waals surface area contributed by atoms with E-state index in [0.717, 1.165) is 6.54 Å². The summed E-state index contributed by atoms with van der Waals surface area (Å²) in [6.07, 6.45) is 1.26. The van der Waals surface area contributed by atoms with Gasteiger partial charge in [0.15, 0.2) is 0 Å². The summed E-state index contributed by atoms with van der Waals surface area (Å²) in [6.45, 7) is 6.48. The molecule has 1 spiro atoms. The number of nitrogens with zero attached hydrogens (tertiary/aromatic N) is 4. The van der Waals surface area contributed by atoms with Gasteiger partial charge in [-0.25, -0.2) is 13.2 Å². The third-order valence-corrected chi connectivity index (χ3v) is 6.93. The van der Waals surface area contributed by atoms with Crippen molar-refractivity contribution in [2.45, 2.75) is 11.6 Å². The lowest BCUT2D eigenvalue weighted by molar-refractivity contribution is -0.144. The van der Waals surface area contributed by atoms with Gasteiger partial charge in [-0.2, -0.15) is 4.31 Å². The van der Waals surface area contributed by atoms with Gasteiger partial charge in [0.25, 0.3) is 0 Å². The number of rotatable bonds is 1. The number of sulfonamides is 1. The molecular formula is C15H26N4O5S. The van der Waals surface area contributed by atoms with Crippen LogP contribution in [0.25, 0.3) is 0 Å². The summed E-state index contributed by atoms with van der Waals surface area (Å²) in [5.74, 6) is 0. The van der Waals surface area contributed by atoms with Crippen molar-refractivity contribution in [2.24, 2.45) is 0 Å². The number of carbonyl (C=O) groups is 1. The number of carbonyl (C=O) groups excluding carboxylic acids is 1. The maximum atomic E-state index is 12.7. The summed E-state index contributed by atoms with van der Waals surface area (Å²) in [7, 11) is -3.26. The molecule has 2 amide bonds. The van der Waals surface area contributed by atoms with Crippen LogP contribution in [0.15, 0.2) is 0 Å². The van der Waals surface area contributed by atoms with Crippen molar-refractivity contribution < 1.29 is 22.7 Å². The van der Waals surface area contributed by atoms with Crippen LogP contribution in [0.3, 0.4) is 0 Å². The summed E-state index contributed by atoms with van der Waals surface area (Å²) in [5, 5.41) is 0. The maximum absolute atomic E-state index is 12.7. The van der Waals surface area contributed by atoms with E-state index in [9.17, 15) is 13.2 Å². The van der Waals surface area contributed by atoms with Gasteiger partial charge in [0.2, 0.25) is 10.0 Å². The van der Waals surface area contributed by atoms with Crippen LogP contribution in [0.2, 0.25) is 0 Å².